The van der Waals surface area contributed by atoms with Gasteiger partial charge in [0, 0.05) is 38.1 Å². The average Bonchev–Trinajstić information content (AvgIpc) is 3.24. The molecule has 208 valence electrons. The minimum Gasteiger partial charge on any atom is -0.366 e. The molecule has 0 unspecified atom stereocenters. The number of urea groups is 1. The number of amides is 2. The Balaban J connectivity index is 1.15. The van der Waals surface area contributed by atoms with Crippen molar-refractivity contribution in [2.24, 2.45) is 4.99 Å². The number of benzene rings is 2. The van der Waals surface area contributed by atoms with Crippen molar-refractivity contribution in [1.29, 1.82) is 0 Å². The van der Waals surface area contributed by atoms with E-state index >= 15 is 0 Å². The Kier molecular flexibility index (Phi) is 7.77. The maximum atomic E-state index is 14.2. The first-order valence-electron chi connectivity index (χ1n) is 14.5. The van der Waals surface area contributed by atoms with Gasteiger partial charge in [0.05, 0.1) is 6.04 Å². The van der Waals surface area contributed by atoms with E-state index in [1.807, 2.05) is 36.5 Å². The topological polar surface area (TPSA) is 72.9 Å². The number of pyridine rings is 1. The highest BCUT2D eigenvalue weighted by Crippen LogP contribution is 2.39. The van der Waals surface area contributed by atoms with Gasteiger partial charge in [0.1, 0.15) is 23.0 Å². The summed E-state index contributed by atoms with van der Waals surface area (Å²) in [7, 11) is 0. The van der Waals surface area contributed by atoms with Crippen molar-refractivity contribution in [3.8, 4) is 0 Å². The van der Waals surface area contributed by atoms with Gasteiger partial charge in [0.2, 0.25) is 0 Å². The molecule has 1 aliphatic carbocycles. The molecule has 3 fully saturated rings. The van der Waals surface area contributed by atoms with Crippen LogP contribution in [0.1, 0.15) is 56.1 Å². The Hall–Kier alpha value is -3.78. The van der Waals surface area contributed by atoms with Gasteiger partial charge in [-0.1, -0.05) is 61.7 Å². The minimum atomic E-state index is -0.581. The van der Waals surface area contributed by atoms with Crippen molar-refractivity contribution < 1.29 is 9.18 Å². The summed E-state index contributed by atoms with van der Waals surface area (Å²) in [4.78, 5) is 27.3. The van der Waals surface area contributed by atoms with Crippen LogP contribution in [0.3, 0.4) is 0 Å². The third kappa shape index (κ3) is 5.72. The van der Waals surface area contributed by atoms with Crippen LogP contribution in [-0.4, -0.2) is 46.4 Å². The number of piperidine rings is 1. The van der Waals surface area contributed by atoms with E-state index in [1.165, 1.54) is 37.0 Å². The molecular formula is C32H37FN6O. The van der Waals surface area contributed by atoms with Crippen molar-refractivity contribution in [2.75, 3.05) is 23.3 Å². The van der Waals surface area contributed by atoms with Gasteiger partial charge in [0.15, 0.2) is 0 Å². The normalized spacial score (nSPS) is 20.7. The summed E-state index contributed by atoms with van der Waals surface area (Å²) < 4.78 is 14.2. The van der Waals surface area contributed by atoms with Gasteiger partial charge in [-0.25, -0.2) is 14.2 Å². The molecule has 3 heterocycles. The molecule has 40 heavy (non-hydrogen) atoms. The monoisotopic (exact) mass is 540 g/mol. The van der Waals surface area contributed by atoms with Crippen LogP contribution in [0.25, 0.3) is 0 Å². The average molecular weight is 541 g/mol. The fourth-order valence-corrected chi connectivity index (χ4v) is 6.31. The number of nitrogens with one attached hydrogen (secondary N) is 2. The van der Waals surface area contributed by atoms with Crippen LogP contribution in [0.2, 0.25) is 0 Å². The highest BCUT2D eigenvalue weighted by Gasteiger charge is 2.53. The number of carbonyl (C=O) groups excluding carboxylic acids is 1. The molecule has 0 atom stereocenters. The second kappa shape index (κ2) is 11.8. The zero-order chi connectivity index (χ0) is 27.4. The molecule has 7 nitrogen and oxygen atoms in total. The van der Waals surface area contributed by atoms with Gasteiger partial charge in [-0.2, -0.15) is 0 Å². The maximum absolute atomic E-state index is 14.2. The van der Waals surface area contributed by atoms with E-state index in [0.717, 1.165) is 69.1 Å². The standard InChI is InChI=1S/C32H37FN6O/c33-26-10-7-13-28(20-26)39-31(40)37-30(36-27-11-5-2-6-12-27)32(39)16-18-38(19-17-32)23-25-14-15-29(35-22-25)34-21-24-8-3-1-4-9-24/h1,3-4,7-10,13-15,20,22,27H,2,5-6,11-12,16-19,21,23H2,(H,34,35)(H,36,37,40). The molecule has 0 radical (unpaired) electrons. The number of carbonyl (C=O) groups is 1. The minimum absolute atomic E-state index is 0.212. The van der Waals surface area contributed by atoms with Crippen molar-refractivity contribution >= 4 is 23.4 Å². The first-order chi connectivity index (χ1) is 19.6. The summed E-state index contributed by atoms with van der Waals surface area (Å²) in [5, 5.41) is 6.49. The van der Waals surface area contributed by atoms with Crippen LogP contribution in [0.4, 0.5) is 20.7 Å². The SMILES string of the molecule is O=C1NC(=NC2CCCCC2)C2(CCN(Cc3ccc(NCc4ccccc4)nc3)CC2)N1c1cccc(F)c1. The number of hydrogen-bond acceptors (Lipinski definition) is 5. The summed E-state index contributed by atoms with van der Waals surface area (Å²) in [5.41, 5.74) is 2.37. The Morgan fingerprint density at radius 3 is 2.50 bits per heavy atom. The summed E-state index contributed by atoms with van der Waals surface area (Å²) in [5.74, 6) is 1.28. The van der Waals surface area contributed by atoms with Crippen LogP contribution in [0.15, 0.2) is 77.9 Å². The van der Waals surface area contributed by atoms with Gasteiger partial charge in [-0.05, 0) is 61.1 Å². The molecule has 1 spiro atoms. The summed E-state index contributed by atoms with van der Waals surface area (Å²) >= 11 is 0. The van der Waals surface area contributed by atoms with Gasteiger partial charge in [0.25, 0.3) is 0 Å². The number of halogens is 1. The molecule has 1 aromatic heterocycles. The number of amidine groups is 1. The quantitative estimate of drug-likeness (QED) is 0.378. The van der Waals surface area contributed by atoms with E-state index in [4.69, 9.17) is 4.99 Å². The summed E-state index contributed by atoms with van der Waals surface area (Å²) in [6.45, 7) is 3.14. The van der Waals surface area contributed by atoms with E-state index in [1.54, 1.807) is 11.0 Å². The molecule has 3 aromatic rings. The van der Waals surface area contributed by atoms with Crippen LogP contribution in [0.5, 0.6) is 0 Å². The number of aliphatic imine (C=N–C) groups is 1. The number of nitrogens with zero attached hydrogens (tertiary/aromatic N) is 4. The third-order valence-electron chi connectivity index (χ3n) is 8.48. The Labute approximate surface area is 235 Å². The van der Waals surface area contributed by atoms with Crippen molar-refractivity contribution in [3.63, 3.8) is 0 Å². The molecule has 1 saturated carbocycles. The lowest BCUT2D eigenvalue weighted by Gasteiger charge is -2.43. The molecule has 2 amide bonds. The Morgan fingerprint density at radius 2 is 1.77 bits per heavy atom. The van der Waals surface area contributed by atoms with Crippen LogP contribution < -0.4 is 15.5 Å². The summed E-state index contributed by atoms with van der Waals surface area (Å²) in [6.07, 6.45) is 9.14. The molecule has 2 N–H and O–H groups in total. The molecule has 0 bridgehead atoms. The fraction of sp³-hybridized carbons (Fsp3) is 0.406. The lowest BCUT2D eigenvalue weighted by molar-refractivity contribution is 0.184. The van der Waals surface area contributed by atoms with Crippen molar-refractivity contribution in [1.82, 2.24) is 15.2 Å². The number of hydrogen-bond donors (Lipinski definition) is 2. The van der Waals surface area contributed by atoms with E-state index in [0.29, 0.717) is 5.69 Å². The van der Waals surface area contributed by atoms with Gasteiger partial charge < -0.3 is 5.32 Å². The zero-order valence-corrected chi connectivity index (χ0v) is 22.9. The largest absolute Gasteiger partial charge is 0.366 e. The number of aromatic nitrogens is 1. The van der Waals surface area contributed by atoms with Crippen LogP contribution >= 0.6 is 0 Å². The van der Waals surface area contributed by atoms with Crippen LogP contribution in [0, 0.1) is 5.82 Å². The Bertz CT molecular complexity index is 1330. The summed E-state index contributed by atoms with van der Waals surface area (Å²) in [6, 6.07) is 20.8. The molecule has 8 heteroatoms. The third-order valence-corrected chi connectivity index (χ3v) is 8.48. The zero-order valence-electron chi connectivity index (χ0n) is 22.9. The smallest absolute Gasteiger partial charge is 0.328 e. The number of anilines is 2. The highest BCUT2D eigenvalue weighted by atomic mass is 19.1. The fourth-order valence-electron chi connectivity index (χ4n) is 6.31. The first-order valence-corrected chi connectivity index (χ1v) is 14.5. The Morgan fingerprint density at radius 1 is 0.975 bits per heavy atom. The molecular weight excluding hydrogens is 503 g/mol. The lowest BCUT2D eigenvalue weighted by Crippen LogP contribution is -2.57. The highest BCUT2D eigenvalue weighted by molar-refractivity contribution is 6.19. The lowest BCUT2D eigenvalue weighted by atomic mass is 9.84. The first kappa shape index (κ1) is 26.4. The van der Waals surface area contributed by atoms with E-state index < -0.39 is 5.54 Å². The van der Waals surface area contributed by atoms with Gasteiger partial charge in [-0.3, -0.25) is 20.1 Å². The van der Waals surface area contributed by atoms with Gasteiger partial charge in [-0.15, -0.1) is 0 Å². The van der Waals surface area contributed by atoms with E-state index in [-0.39, 0.29) is 17.9 Å². The maximum Gasteiger partial charge on any atom is 0.328 e. The molecule has 2 aromatic carbocycles. The second-order valence-corrected chi connectivity index (χ2v) is 11.2. The van der Waals surface area contributed by atoms with Crippen molar-refractivity contribution in [3.05, 3.63) is 89.9 Å². The molecule has 6 rings (SSSR count). The van der Waals surface area contributed by atoms with Gasteiger partial charge >= 0.3 is 6.03 Å². The van der Waals surface area contributed by atoms with Crippen LogP contribution in [-0.2, 0) is 13.1 Å². The predicted molar refractivity (Wildman–Crippen MR) is 157 cm³/mol. The van der Waals surface area contributed by atoms with Crippen molar-refractivity contribution in [2.45, 2.75) is 69.6 Å². The molecule has 3 aliphatic rings. The van der Waals surface area contributed by atoms with E-state index in [9.17, 15) is 9.18 Å². The molecule has 2 saturated heterocycles. The second-order valence-electron chi connectivity index (χ2n) is 11.2. The number of likely N-dealkylation sites (tertiary alicyclic amines) is 1. The van der Waals surface area contributed by atoms with E-state index in [2.05, 4.69) is 38.7 Å². The number of rotatable bonds is 7. The molecule has 2 aliphatic heterocycles. The predicted octanol–water partition coefficient (Wildman–Crippen LogP) is 6.13.